The maximum Gasteiger partial charge on any atom is 0.415 e. The molecule has 1 N–H and O–H groups in total. The van der Waals surface area contributed by atoms with Crippen LogP contribution in [0.2, 0.25) is 0 Å². The number of ether oxygens (including phenoxy) is 1. The first kappa shape index (κ1) is 23.3. The highest BCUT2D eigenvalue weighted by atomic mass is 32.2. The van der Waals surface area contributed by atoms with E-state index >= 15 is 0 Å². The summed E-state index contributed by atoms with van der Waals surface area (Å²) in [6, 6.07) is 4.37. The zero-order valence-corrected chi connectivity index (χ0v) is 20.0. The number of nitrogens with zero attached hydrogens (tertiary/aromatic N) is 4. The van der Waals surface area contributed by atoms with Crippen molar-refractivity contribution in [1.29, 1.82) is 0 Å². The molecule has 0 radical (unpaired) electrons. The zero-order chi connectivity index (χ0) is 23.5. The Hall–Kier alpha value is -2.43. The van der Waals surface area contributed by atoms with Gasteiger partial charge in [-0.15, -0.1) is 0 Å². The van der Waals surface area contributed by atoms with Crippen LogP contribution in [0.3, 0.4) is 0 Å². The number of hydrazine groups is 1. The lowest BCUT2D eigenvalue weighted by atomic mass is 10.1. The molecule has 0 unspecified atom stereocenters. The molecule has 182 valence electrons. The van der Waals surface area contributed by atoms with Crippen molar-refractivity contribution in [3.63, 3.8) is 0 Å². The zero-order valence-electron chi connectivity index (χ0n) is 19.2. The second kappa shape index (κ2) is 10.5. The standard InChI is InChI=1S/C24H30FN5O3S/c25-18-7-6-17(14-21-22(31)27-23(34-21)30-12-5-2-9-26-30)20(15-18)33-24(32)29-13-8-19(16-29)28-10-3-1-4-11-28/h6-7,14-15,19,26H,1-5,8-13,16H2/b21-14-/t19-/m1/s1. The lowest BCUT2D eigenvalue weighted by molar-refractivity contribution is -0.113. The summed E-state index contributed by atoms with van der Waals surface area (Å²) in [5.74, 6) is -0.743. The van der Waals surface area contributed by atoms with E-state index < -0.39 is 11.9 Å². The minimum atomic E-state index is -0.502. The first-order chi connectivity index (χ1) is 16.6. The van der Waals surface area contributed by atoms with E-state index in [2.05, 4.69) is 15.3 Å². The third kappa shape index (κ3) is 5.29. The van der Waals surface area contributed by atoms with Gasteiger partial charge in [-0.3, -0.25) is 14.7 Å². The van der Waals surface area contributed by atoms with Gasteiger partial charge in [0.1, 0.15) is 11.6 Å². The molecule has 4 heterocycles. The molecule has 1 aromatic rings. The number of carbonyl (C=O) groups is 2. The Kier molecular flexibility index (Phi) is 7.17. The van der Waals surface area contributed by atoms with E-state index in [1.54, 1.807) is 11.0 Å². The van der Waals surface area contributed by atoms with Crippen molar-refractivity contribution in [2.24, 2.45) is 4.99 Å². The molecule has 3 fully saturated rings. The van der Waals surface area contributed by atoms with Gasteiger partial charge >= 0.3 is 6.09 Å². The average Bonchev–Trinajstić information content (AvgIpc) is 3.49. The van der Waals surface area contributed by atoms with Crippen molar-refractivity contribution in [2.45, 2.75) is 44.6 Å². The molecule has 4 aliphatic rings. The molecular weight excluding hydrogens is 457 g/mol. The molecule has 34 heavy (non-hydrogen) atoms. The van der Waals surface area contributed by atoms with E-state index in [4.69, 9.17) is 4.74 Å². The van der Waals surface area contributed by atoms with Gasteiger partial charge in [-0.05, 0) is 75.2 Å². The first-order valence-electron chi connectivity index (χ1n) is 12.1. The molecule has 5 rings (SSSR count). The predicted molar refractivity (Wildman–Crippen MR) is 130 cm³/mol. The molecule has 8 nitrogen and oxygen atoms in total. The summed E-state index contributed by atoms with van der Waals surface area (Å²) in [6.07, 6.45) is 7.87. The summed E-state index contributed by atoms with van der Waals surface area (Å²) < 4.78 is 19.7. The molecule has 0 aliphatic carbocycles. The summed E-state index contributed by atoms with van der Waals surface area (Å²) in [5.41, 5.74) is 3.72. The number of thioether (sulfide) groups is 1. The fourth-order valence-electron chi connectivity index (χ4n) is 4.87. The van der Waals surface area contributed by atoms with E-state index in [9.17, 15) is 14.0 Å². The van der Waals surface area contributed by atoms with Crippen molar-refractivity contribution in [2.75, 3.05) is 39.3 Å². The van der Waals surface area contributed by atoms with Crippen LogP contribution >= 0.6 is 11.8 Å². The molecule has 1 aromatic carbocycles. The highest BCUT2D eigenvalue weighted by molar-refractivity contribution is 8.18. The maximum absolute atomic E-state index is 14.0. The number of amidine groups is 1. The molecule has 0 aromatic heterocycles. The molecular formula is C24H30FN5O3S. The van der Waals surface area contributed by atoms with Gasteiger partial charge in [0.15, 0.2) is 5.17 Å². The van der Waals surface area contributed by atoms with Crippen LogP contribution in [0.5, 0.6) is 5.75 Å². The number of halogens is 1. The number of hydrogen-bond donors (Lipinski definition) is 1. The van der Waals surface area contributed by atoms with Crippen molar-refractivity contribution >= 4 is 35.0 Å². The monoisotopic (exact) mass is 487 g/mol. The summed E-state index contributed by atoms with van der Waals surface area (Å²) in [6.45, 7) is 5.05. The topological polar surface area (TPSA) is 77.5 Å². The number of piperidine rings is 1. The van der Waals surface area contributed by atoms with Crippen LogP contribution < -0.4 is 10.2 Å². The summed E-state index contributed by atoms with van der Waals surface area (Å²) in [5, 5.41) is 2.50. The van der Waals surface area contributed by atoms with Gasteiger partial charge in [-0.25, -0.2) is 14.6 Å². The fraction of sp³-hybridized carbons (Fsp3) is 0.542. The van der Waals surface area contributed by atoms with Crippen molar-refractivity contribution < 1.29 is 18.7 Å². The second-order valence-electron chi connectivity index (χ2n) is 9.11. The van der Waals surface area contributed by atoms with E-state index in [1.165, 1.54) is 49.2 Å². The number of benzene rings is 1. The van der Waals surface area contributed by atoms with Crippen LogP contribution in [0.1, 0.15) is 44.1 Å². The Bertz CT molecular complexity index is 1000. The fourth-order valence-corrected chi connectivity index (χ4v) is 5.78. The molecule has 0 spiro atoms. The molecule has 2 amide bonds. The Labute approximate surface area is 203 Å². The second-order valence-corrected chi connectivity index (χ2v) is 10.1. The van der Waals surface area contributed by atoms with Crippen molar-refractivity contribution in [1.82, 2.24) is 20.2 Å². The smallest absolute Gasteiger partial charge is 0.409 e. The van der Waals surface area contributed by atoms with Crippen LogP contribution in [0.4, 0.5) is 9.18 Å². The van der Waals surface area contributed by atoms with Gasteiger partial charge in [0, 0.05) is 43.9 Å². The SMILES string of the molecule is O=C1N=C(N2CCCCN2)S/C1=C\c1ccc(F)cc1OC(=O)N1CC[C@@H](N2CCCCC2)C1. The largest absolute Gasteiger partial charge is 0.415 e. The van der Waals surface area contributed by atoms with E-state index in [0.717, 1.165) is 45.4 Å². The summed E-state index contributed by atoms with van der Waals surface area (Å²) >= 11 is 1.27. The molecule has 10 heteroatoms. The minimum absolute atomic E-state index is 0.108. The van der Waals surface area contributed by atoms with Gasteiger partial charge in [-0.2, -0.15) is 4.99 Å². The molecule has 0 saturated carbocycles. The van der Waals surface area contributed by atoms with E-state index in [-0.39, 0.29) is 11.7 Å². The molecule has 1 atom stereocenters. The Morgan fingerprint density at radius 1 is 1.15 bits per heavy atom. The lowest BCUT2D eigenvalue weighted by Gasteiger charge is -2.32. The maximum atomic E-state index is 14.0. The van der Waals surface area contributed by atoms with Gasteiger partial charge < -0.3 is 9.64 Å². The van der Waals surface area contributed by atoms with Gasteiger partial charge in [0.2, 0.25) is 0 Å². The summed E-state index contributed by atoms with van der Waals surface area (Å²) in [7, 11) is 0. The van der Waals surface area contributed by atoms with Crippen LogP contribution in [0.25, 0.3) is 6.08 Å². The number of nitrogens with one attached hydrogen (secondary N) is 1. The van der Waals surface area contributed by atoms with Crippen molar-refractivity contribution in [3.05, 3.63) is 34.5 Å². The lowest BCUT2D eigenvalue weighted by Crippen LogP contribution is -2.45. The molecule has 4 aliphatic heterocycles. The Balaban J connectivity index is 1.26. The Morgan fingerprint density at radius 2 is 1.97 bits per heavy atom. The highest BCUT2D eigenvalue weighted by Crippen LogP contribution is 2.33. The van der Waals surface area contributed by atoms with Crippen LogP contribution in [-0.2, 0) is 4.79 Å². The van der Waals surface area contributed by atoms with E-state index in [1.807, 2.05) is 5.01 Å². The normalized spacial score (nSPS) is 25.2. The van der Waals surface area contributed by atoms with Crippen LogP contribution in [-0.4, -0.2) is 77.3 Å². The number of rotatable bonds is 3. The van der Waals surface area contributed by atoms with Gasteiger partial charge in [-0.1, -0.05) is 6.42 Å². The number of carbonyl (C=O) groups excluding carboxylic acids is 2. The summed E-state index contributed by atoms with van der Waals surface area (Å²) in [4.78, 5) is 34.1. The number of likely N-dealkylation sites (tertiary alicyclic amines) is 2. The molecule has 0 bridgehead atoms. The van der Waals surface area contributed by atoms with Crippen LogP contribution in [0, 0.1) is 5.82 Å². The van der Waals surface area contributed by atoms with Gasteiger partial charge in [0.05, 0.1) is 4.91 Å². The predicted octanol–water partition coefficient (Wildman–Crippen LogP) is 3.46. The third-order valence-corrected chi connectivity index (χ3v) is 7.75. The minimum Gasteiger partial charge on any atom is -0.409 e. The number of amides is 2. The van der Waals surface area contributed by atoms with E-state index in [0.29, 0.717) is 34.8 Å². The van der Waals surface area contributed by atoms with Crippen molar-refractivity contribution in [3.8, 4) is 5.75 Å². The quantitative estimate of drug-likeness (QED) is 0.655. The van der Waals surface area contributed by atoms with Gasteiger partial charge in [0.25, 0.3) is 5.91 Å². The Morgan fingerprint density at radius 3 is 2.76 bits per heavy atom. The molecule has 3 saturated heterocycles. The van der Waals surface area contributed by atoms with Crippen LogP contribution in [0.15, 0.2) is 28.1 Å². The third-order valence-electron chi connectivity index (χ3n) is 6.74. The highest BCUT2D eigenvalue weighted by Gasteiger charge is 2.32. The number of aliphatic imine (C=N–C) groups is 1. The number of hydrogen-bond acceptors (Lipinski definition) is 7. The first-order valence-corrected chi connectivity index (χ1v) is 12.9. The average molecular weight is 488 g/mol.